The third-order valence-electron chi connectivity index (χ3n) is 2.24. The minimum absolute atomic E-state index is 0.441. The first kappa shape index (κ1) is 13.5. The van der Waals surface area contributed by atoms with Gasteiger partial charge < -0.3 is 25.2 Å². The lowest BCUT2D eigenvalue weighted by molar-refractivity contribution is -0.281. The summed E-state index contributed by atoms with van der Waals surface area (Å²) in [5.41, 5.74) is 0. The molecule has 0 radical (unpaired) electrons. The molecule has 1 aliphatic rings. The smallest absolute Gasteiger partial charge is 0.183 e. The molecule has 0 aromatic rings. The van der Waals surface area contributed by atoms with E-state index in [4.69, 9.17) is 9.88 Å². The Morgan fingerprint density at radius 3 is 2.33 bits per heavy atom. The summed E-state index contributed by atoms with van der Waals surface area (Å²) in [6, 6.07) is 0. The molecule has 8 heteroatoms. The molecule has 90 valence electrons. The van der Waals surface area contributed by atoms with E-state index in [1.807, 2.05) is 0 Å². The fraction of sp³-hybridized carbons (Fsp3) is 1.00. The summed E-state index contributed by atoms with van der Waals surface area (Å²) in [7, 11) is 2.48. The van der Waals surface area contributed by atoms with E-state index in [9.17, 15) is 20.4 Å². The van der Waals surface area contributed by atoms with Gasteiger partial charge in [-0.3, -0.25) is 5.14 Å². The van der Waals surface area contributed by atoms with Gasteiger partial charge in [0.2, 0.25) is 0 Å². The van der Waals surface area contributed by atoms with E-state index in [1.165, 1.54) is 10.8 Å². The molecule has 1 saturated heterocycles. The molecule has 1 rings (SSSR count). The van der Waals surface area contributed by atoms with Crippen LogP contribution in [0.25, 0.3) is 0 Å². The van der Waals surface area contributed by atoms with Gasteiger partial charge in [0, 0.05) is 5.75 Å². The van der Waals surface area contributed by atoms with Gasteiger partial charge in [0.15, 0.2) is 6.29 Å². The largest absolute Gasteiger partial charge is 0.388 e. The summed E-state index contributed by atoms with van der Waals surface area (Å²) in [4.78, 5) is 0. The molecule has 0 amide bonds. The van der Waals surface area contributed by atoms with Gasteiger partial charge in [-0.1, -0.05) is 10.8 Å². The van der Waals surface area contributed by atoms with Crippen molar-refractivity contribution in [2.75, 3.05) is 5.75 Å². The quantitative estimate of drug-likeness (QED) is 0.233. The number of rotatable bonds is 4. The maximum atomic E-state index is 9.53. The summed E-state index contributed by atoms with van der Waals surface area (Å²) in [6.07, 6.45) is -5.73. The van der Waals surface area contributed by atoms with E-state index in [2.05, 4.69) is 0 Å². The first-order chi connectivity index (χ1) is 7.07. The highest BCUT2D eigenvalue weighted by molar-refractivity contribution is 8.75. The molecule has 0 aromatic heterocycles. The van der Waals surface area contributed by atoms with Crippen LogP contribution in [0, 0.1) is 0 Å². The third-order valence-corrected chi connectivity index (χ3v) is 3.69. The highest BCUT2D eigenvalue weighted by atomic mass is 33.1. The van der Waals surface area contributed by atoms with Gasteiger partial charge in [-0.2, -0.15) is 0 Å². The lowest BCUT2D eigenvalue weighted by Gasteiger charge is -2.38. The Labute approximate surface area is 95.3 Å². The zero-order valence-electron chi connectivity index (χ0n) is 7.89. The molecule has 1 heterocycles. The molecule has 1 aliphatic heterocycles. The van der Waals surface area contributed by atoms with Crippen LogP contribution in [0.4, 0.5) is 0 Å². The highest BCUT2D eigenvalue weighted by Gasteiger charge is 2.42. The van der Waals surface area contributed by atoms with Crippen LogP contribution in [0.5, 0.6) is 0 Å². The van der Waals surface area contributed by atoms with Gasteiger partial charge in [-0.05, 0) is 17.4 Å². The zero-order chi connectivity index (χ0) is 11.4. The van der Waals surface area contributed by atoms with Crippen molar-refractivity contribution in [2.45, 2.75) is 37.1 Å². The van der Waals surface area contributed by atoms with Gasteiger partial charge in [0.25, 0.3) is 0 Å². The van der Waals surface area contributed by atoms with Crippen LogP contribution in [0.3, 0.4) is 0 Å². The van der Waals surface area contributed by atoms with Crippen LogP contribution in [0.2, 0.25) is 0 Å². The lowest BCUT2D eigenvalue weighted by atomic mass is 9.97. The standard InChI is InChI=1S/C7H15NO5S2/c8-15-14-2-1-3-4(9)5(10)6(11)7(12)13-3/h3-7,9-12H,1-2,8H2/t3?,4-,5?,6?,7+/m1/s1. The van der Waals surface area contributed by atoms with Gasteiger partial charge >= 0.3 is 0 Å². The predicted molar refractivity (Wildman–Crippen MR) is 57.8 cm³/mol. The summed E-state index contributed by atoms with van der Waals surface area (Å²) < 4.78 is 4.96. The molecular formula is C7H15NO5S2. The fourth-order valence-electron chi connectivity index (χ4n) is 1.38. The number of nitrogens with two attached hydrogens (primary N) is 1. The van der Waals surface area contributed by atoms with Crippen LogP contribution >= 0.6 is 21.8 Å². The normalized spacial score (nSPS) is 41.8. The van der Waals surface area contributed by atoms with Crippen molar-refractivity contribution in [1.82, 2.24) is 0 Å². The van der Waals surface area contributed by atoms with Crippen molar-refractivity contribution < 1.29 is 25.2 Å². The molecule has 0 aromatic carbocycles. The van der Waals surface area contributed by atoms with E-state index in [1.54, 1.807) is 0 Å². The van der Waals surface area contributed by atoms with Crippen LogP contribution in [-0.4, -0.2) is 56.9 Å². The van der Waals surface area contributed by atoms with Gasteiger partial charge in [0.1, 0.15) is 18.3 Å². The molecule has 3 unspecified atom stereocenters. The SMILES string of the molecule is NSSCCC1O[C@H](O)C(O)C(O)[C@@H]1O. The maximum absolute atomic E-state index is 9.53. The Hall–Kier alpha value is 0.460. The number of hydrogen-bond donors (Lipinski definition) is 5. The monoisotopic (exact) mass is 257 g/mol. The fourth-order valence-corrected chi connectivity index (χ4v) is 2.38. The molecule has 6 N–H and O–H groups in total. The Balaban J connectivity index is 2.43. The van der Waals surface area contributed by atoms with Crippen molar-refractivity contribution in [2.24, 2.45) is 5.14 Å². The van der Waals surface area contributed by atoms with Crippen LogP contribution in [0.1, 0.15) is 6.42 Å². The molecule has 6 nitrogen and oxygen atoms in total. The van der Waals surface area contributed by atoms with Crippen LogP contribution in [0.15, 0.2) is 0 Å². The third kappa shape index (κ3) is 3.46. The van der Waals surface area contributed by atoms with Crippen molar-refractivity contribution >= 4 is 21.8 Å². The Morgan fingerprint density at radius 2 is 1.73 bits per heavy atom. The van der Waals surface area contributed by atoms with Gasteiger partial charge in [-0.15, -0.1) is 0 Å². The van der Waals surface area contributed by atoms with E-state index in [-0.39, 0.29) is 0 Å². The van der Waals surface area contributed by atoms with Crippen LogP contribution < -0.4 is 5.14 Å². The first-order valence-electron chi connectivity index (χ1n) is 4.44. The molecule has 0 aliphatic carbocycles. The molecule has 0 saturated carbocycles. The predicted octanol–water partition coefficient (Wildman–Crippen LogP) is -1.57. The first-order valence-corrected chi connectivity index (χ1v) is 6.82. The number of aliphatic hydroxyl groups is 4. The van der Waals surface area contributed by atoms with E-state index < -0.39 is 30.7 Å². The molecule has 1 fully saturated rings. The topological polar surface area (TPSA) is 116 Å². The van der Waals surface area contributed by atoms with E-state index in [0.717, 1.165) is 11.0 Å². The van der Waals surface area contributed by atoms with Crippen molar-refractivity contribution in [3.05, 3.63) is 0 Å². The van der Waals surface area contributed by atoms with Gasteiger partial charge in [0.05, 0.1) is 6.10 Å². The molecule has 15 heavy (non-hydrogen) atoms. The molecular weight excluding hydrogens is 242 g/mol. The number of hydrogen-bond acceptors (Lipinski definition) is 8. The maximum Gasteiger partial charge on any atom is 0.183 e. The van der Waals surface area contributed by atoms with E-state index in [0.29, 0.717) is 12.2 Å². The van der Waals surface area contributed by atoms with Crippen molar-refractivity contribution in [3.63, 3.8) is 0 Å². The molecule has 5 atom stereocenters. The average Bonchev–Trinajstić information content (AvgIpc) is 2.23. The number of ether oxygens (including phenoxy) is 1. The summed E-state index contributed by atoms with van der Waals surface area (Å²) in [5, 5.41) is 42.5. The minimum atomic E-state index is -1.47. The van der Waals surface area contributed by atoms with Crippen molar-refractivity contribution in [1.29, 1.82) is 0 Å². The lowest BCUT2D eigenvalue weighted by Crippen LogP contribution is -2.57. The second-order valence-corrected chi connectivity index (χ2v) is 5.36. The second kappa shape index (κ2) is 6.26. The average molecular weight is 257 g/mol. The Bertz CT molecular complexity index is 198. The van der Waals surface area contributed by atoms with Gasteiger partial charge in [-0.25, -0.2) is 0 Å². The minimum Gasteiger partial charge on any atom is -0.388 e. The highest BCUT2D eigenvalue weighted by Crippen LogP contribution is 2.24. The van der Waals surface area contributed by atoms with Crippen molar-refractivity contribution in [3.8, 4) is 0 Å². The summed E-state index contributed by atoms with van der Waals surface area (Å²) >= 11 is 0. The second-order valence-electron chi connectivity index (χ2n) is 3.24. The Morgan fingerprint density at radius 1 is 1.07 bits per heavy atom. The summed E-state index contributed by atoms with van der Waals surface area (Å²) in [5.74, 6) is 0.623. The van der Waals surface area contributed by atoms with Crippen LogP contribution in [-0.2, 0) is 4.74 Å². The molecule has 0 spiro atoms. The zero-order valence-corrected chi connectivity index (χ0v) is 9.52. The van der Waals surface area contributed by atoms with E-state index >= 15 is 0 Å². The Kier molecular flexibility index (Phi) is 5.64. The molecule has 0 bridgehead atoms. The summed E-state index contributed by atoms with van der Waals surface area (Å²) in [6.45, 7) is 0. The number of aliphatic hydroxyl groups excluding tert-OH is 4.